The summed E-state index contributed by atoms with van der Waals surface area (Å²) >= 11 is 0. The molecule has 20 heavy (non-hydrogen) atoms. The molecule has 2 N–H and O–H groups in total. The molecule has 0 aliphatic carbocycles. The summed E-state index contributed by atoms with van der Waals surface area (Å²) in [5.41, 5.74) is 10.9. The van der Waals surface area contributed by atoms with Gasteiger partial charge in [0.25, 0.3) is 0 Å². The average Bonchev–Trinajstić information content (AvgIpc) is 2.92. The molecule has 0 atom stereocenters. The summed E-state index contributed by atoms with van der Waals surface area (Å²) in [5.74, 6) is 0.702. The second-order valence-corrected chi connectivity index (χ2v) is 4.92. The fourth-order valence-corrected chi connectivity index (χ4v) is 2.03. The minimum Gasteiger partial charge on any atom is -0.399 e. The summed E-state index contributed by atoms with van der Waals surface area (Å²) in [5, 5.41) is 4.52. The highest BCUT2D eigenvalue weighted by atomic mass is 15.3. The van der Waals surface area contributed by atoms with Gasteiger partial charge in [0.1, 0.15) is 6.33 Å². The highest BCUT2D eigenvalue weighted by molar-refractivity contribution is 5.61. The van der Waals surface area contributed by atoms with Crippen molar-refractivity contribution in [1.29, 1.82) is 0 Å². The molecular formula is C16H16N4. The molecule has 0 fully saturated rings. The molecule has 0 bridgehead atoms. The van der Waals surface area contributed by atoms with Crippen LogP contribution in [0.2, 0.25) is 0 Å². The van der Waals surface area contributed by atoms with Crippen molar-refractivity contribution in [3.63, 3.8) is 0 Å². The van der Waals surface area contributed by atoms with Gasteiger partial charge in [0.05, 0.1) is 5.69 Å². The Bertz CT molecular complexity index is 741. The number of aromatic nitrogens is 3. The Hall–Kier alpha value is -2.62. The van der Waals surface area contributed by atoms with Crippen LogP contribution in [0.15, 0.2) is 48.8 Å². The van der Waals surface area contributed by atoms with E-state index in [2.05, 4.69) is 29.1 Å². The van der Waals surface area contributed by atoms with E-state index in [9.17, 15) is 0 Å². The van der Waals surface area contributed by atoms with Crippen LogP contribution in [0.1, 0.15) is 11.1 Å². The molecule has 0 spiro atoms. The van der Waals surface area contributed by atoms with E-state index in [-0.39, 0.29) is 0 Å². The van der Waals surface area contributed by atoms with Crippen LogP contribution in [0.3, 0.4) is 0 Å². The van der Waals surface area contributed by atoms with E-state index in [0.717, 1.165) is 22.5 Å². The number of hydrogen-bond acceptors (Lipinski definition) is 3. The second kappa shape index (κ2) is 4.81. The van der Waals surface area contributed by atoms with Gasteiger partial charge in [-0.25, -0.2) is 9.67 Å². The molecule has 0 unspecified atom stereocenters. The summed E-state index contributed by atoms with van der Waals surface area (Å²) in [6.45, 7) is 4.05. The molecule has 0 amide bonds. The first-order valence-electron chi connectivity index (χ1n) is 6.49. The topological polar surface area (TPSA) is 56.7 Å². The quantitative estimate of drug-likeness (QED) is 0.723. The van der Waals surface area contributed by atoms with Gasteiger partial charge >= 0.3 is 0 Å². The van der Waals surface area contributed by atoms with Gasteiger partial charge in [-0.2, -0.15) is 0 Å². The van der Waals surface area contributed by atoms with Gasteiger partial charge in [-0.05, 0) is 49.7 Å². The molecule has 1 heterocycles. The van der Waals surface area contributed by atoms with E-state index in [0.29, 0.717) is 5.82 Å². The number of benzene rings is 2. The van der Waals surface area contributed by atoms with Gasteiger partial charge in [-0.3, -0.25) is 0 Å². The van der Waals surface area contributed by atoms with E-state index in [4.69, 9.17) is 5.73 Å². The van der Waals surface area contributed by atoms with Crippen molar-refractivity contribution in [3.05, 3.63) is 59.9 Å². The maximum atomic E-state index is 5.83. The highest BCUT2D eigenvalue weighted by Gasteiger charge is 2.06. The van der Waals surface area contributed by atoms with Crippen molar-refractivity contribution < 1.29 is 0 Å². The van der Waals surface area contributed by atoms with Crippen molar-refractivity contribution in [1.82, 2.24) is 14.8 Å². The molecule has 3 rings (SSSR count). The number of rotatable bonds is 2. The van der Waals surface area contributed by atoms with Crippen LogP contribution in [0.5, 0.6) is 0 Å². The van der Waals surface area contributed by atoms with Crippen molar-refractivity contribution >= 4 is 5.69 Å². The summed E-state index contributed by atoms with van der Waals surface area (Å²) in [6, 6.07) is 14.0. The summed E-state index contributed by atoms with van der Waals surface area (Å²) in [6.07, 6.45) is 1.73. The predicted molar refractivity (Wildman–Crippen MR) is 80.7 cm³/mol. The molecule has 3 aromatic rings. The lowest BCUT2D eigenvalue weighted by Gasteiger charge is -2.02. The lowest BCUT2D eigenvalue weighted by atomic mass is 10.1. The Morgan fingerprint density at radius 3 is 2.45 bits per heavy atom. The standard InChI is InChI=1S/C16H16N4/c1-11-3-6-14(7-4-11)20-10-18-16(19-20)13-5-8-15(17)12(2)9-13/h3-10H,17H2,1-2H3. The molecule has 0 saturated heterocycles. The van der Waals surface area contributed by atoms with Crippen LogP contribution in [0, 0.1) is 13.8 Å². The van der Waals surface area contributed by atoms with Crippen LogP contribution in [-0.2, 0) is 0 Å². The van der Waals surface area contributed by atoms with Crippen LogP contribution >= 0.6 is 0 Å². The number of hydrogen-bond donors (Lipinski definition) is 1. The Labute approximate surface area is 117 Å². The first-order valence-corrected chi connectivity index (χ1v) is 6.49. The number of aryl methyl sites for hydroxylation is 2. The lowest BCUT2D eigenvalue weighted by Crippen LogP contribution is -1.95. The molecule has 0 aliphatic rings. The minimum atomic E-state index is 0.702. The largest absolute Gasteiger partial charge is 0.399 e. The average molecular weight is 264 g/mol. The first-order chi connectivity index (χ1) is 9.63. The Balaban J connectivity index is 1.97. The van der Waals surface area contributed by atoms with Gasteiger partial charge in [-0.1, -0.05) is 17.7 Å². The van der Waals surface area contributed by atoms with E-state index >= 15 is 0 Å². The molecule has 100 valence electrons. The van der Waals surface area contributed by atoms with E-state index < -0.39 is 0 Å². The zero-order valence-electron chi connectivity index (χ0n) is 11.5. The Kier molecular flexibility index (Phi) is 2.99. The predicted octanol–water partition coefficient (Wildman–Crippen LogP) is 3.13. The van der Waals surface area contributed by atoms with Gasteiger partial charge < -0.3 is 5.73 Å². The van der Waals surface area contributed by atoms with E-state index in [1.54, 1.807) is 11.0 Å². The molecule has 0 radical (unpaired) electrons. The molecule has 0 saturated carbocycles. The number of nitrogens with two attached hydrogens (primary N) is 1. The van der Waals surface area contributed by atoms with E-state index in [1.807, 2.05) is 37.3 Å². The van der Waals surface area contributed by atoms with Crippen molar-refractivity contribution in [2.45, 2.75) is 13.8 Å². The van der Waals surface area contributed by atoms with Crippen molar-refractivity contribution in [2.75, 3.05) is 5.73 Å². The maximum absolute atomic E-state index is 5.83. The van der Waals surface area contributed by atoms with Crippen molar-refractivity contribution in [2.24, 2.45) is 0 Å². The summed E-state index contributed by atoms with van der Waals surface area (Å²) in [4.78, 5) is 4.37. The smallest absolute Gasteiger partial charge is 0.181 e. The molecular weight excluding hydrogens is 248 g/mol. The lowest BCUT2D eigenvalue weighted by molar-refractivity contribution is 0.881. The SMILES string of the molecule is Cc1ccc(-n2cnc(-c3ccc(N)c(C)c3)n2)cc1. The molecule has 4 heteroatoms. The molecule has 0 aliphatic heterocycles. The van der Waals surface area contributed by atoms with Crippen LogP contribution in [0.25, 0.3) is 17.1 Å². The minimum absolute atomic E-state index is 0.702. The third-order valence-corrected chi connectivity index (χ3v) is 3.32. The first kappa shape index (κ1) is 12.4. The van der Waals surface area contributed by atoms with Gasteiger partial charge in [0, 0.05) is 11.3 Å². The Morgan fingerprint density at radius 1 is 1.00 bits per heavy atom. The summed E-state index contributed by atoms with van der Waals surface area (Å²) < 4.78 is 1.78. The normalized spacial score (nSPS) is 10.7. The van der Waals surface area contributed by atoms with Gasteiger partial charge in [0.15, 0.2) is 5.82 Å². The van der Waals surface area contributed by atoms with Crippen LogP contribution in [0.4, 0.5) is 5.69 Å². The molecule has 1 aromatic heterocycles. The zero-order chi connectivity index (χ0) is 14.1. The Morgan fingerprint density at radius 2 is 1.75 bits per heavy atom. The third-order valence-electron chi connectivity index (χ3n) is 3.32. The fourth-order valence-electron chi connectivity index (χ4n) is 2.03. The summed E-state index contributed by atoms with van der Waals surface area (Å²) in [7, 11) is 0. The highest BCUT2D eigenvalue weighted by Crippen LogP contribution is 2.20. The molecule has 2 aromatic carbocycles. The molecule has 4 nitrogen and oxygen atoms in total. The van der Waals surface area contributed by atoms with E-state index in [1.165, 1.54) is 5.56 Å². The fraction of sp³-hybridized carbons (Fsp3) is 0.125. The van der Waals surface area contributed by atoms with Crippen LogP contribution in [-0.4, -0.2) is 14.8 Å². The zero-order valence-corrected chi connectivity index (χ0v) is 11.5. The van der Waals surface area contributed by atoms with Crippen LogP contribution < -0.4 is 5.73 Å². The third kappa shape index (κ3) is 2.28. The second-order valence-electron chi connectivity index (χ2n) is 4.92. The van der Waals surface area contributed by atoms with Gasteiger partial charge in [0.2, 0.25) is 0 Å². The number of nitrogen functional groups attached to an aromatic ring is 1. The van der Waals surface area contributed by atoms with Gasteiger partial charge in [-0.15, -0.1) is 5.10 Å². The number of nitrogens with zero attached hydrogens (tertiary/aromatic N) is 3. The monoisotopic (exact) mass is 264 g/mol. The number of anilines is 1. The van der Waals surface area contributed by atoms with Crippen molar-refractivity contribution in [3.8, 4) is 17.1 Å². The maximum Gasteiger partial charge on any atom is 0.181 e.